The van der Waals surface area contributed by atoms with Gasteiger partial charge in [0.1, 0.15) is 5.75 Å². The molecule has 0 unspecified atom stereocenters. The van der Waals surface area contributed by atoms with Crippen molar-refractivity contribution < 1.29 is 9.53 Å². The van der Waals surface area contributed by atoms with E-state index in [1.54, 1.807) is 4.90 Å². The zero-order valence-corrected chi connectivity index (χ0v) is 13.5. The largest absolute Gasteiger partial charge is 0.494 e. The predicted octanol–water partition coefficient (Wildman–Crippen LogP) is 2.68. The SMILES string of the molecule is CCC(CC)(CN)C(=O)N(C)CCCOc1ccccc1. The number of hydrogen-bond donors (Lipinski definition) is 1. The summed E-state index contributed by atoms with van der Waals surface area (Å²) in [7, 11) is 1.85. The Morgan fingerprint density at radius 1 is 1.24 bits per heavy atom. The summed E-state index contributed by atoms with van der Waals surface area (Å²) >= 11 is 0. The summed E-state index contributed by atoms with van der Waals surface area (Å²) in [5.41, 5.74) is 5.42. The van der Waals surface area contributed by atoms with Gasteiger partial charge >= 0.3 is 0 Å². The van der Waals surface area contributed by atoms with E-state index in [0.29, 0.717) is 19.7 Å². The number of nitrogens with two attached hydrogens (primary N) is 1. The molecule has 0 aliphatic rings. The Kier molecular flexibility index (Phi) is 7.23. The van der Waals surface area contributed by atoms with Crippen molar-refractivity contribution in [3.63, 3.8) is 0 Å². The Hall–Kier alpha value is -1.55. The number of nitrogens with zero attached hydrogens (tertiary/aromatic N) is 1. The molecule has 0 atom stereocenters. The molecule has 2 N–H and O–H groups in total. The third-order valence-electron chi connectivity index (χ3n) is 4.19. The van der Waals surface area contributed by atoms with Crippen molar-refractivity contribution in [2.45, 2.75) is 33.1 Å². The second kappa shape index (κ2) is 8.67. The van der Waals surface area contributed by atoms with Crippen molar-refractivity contribution in [3.05, 3.63) is 30.3 Å². The molecular formula is C17H28N2O2. The van der Waals surface area contributed by atoms with E-state index in [-0.39, 0.29) is 5.91 Å². The average Bonchev–Trinajstić information content (AvgIpc) is 2.54. The lowest BCUT2D eigenvalue weighted by molar-refractivity contribution is -0.140. The van der Waals surface area contributed by atoms with Crippen LogP contribution in [0.15, 0.2) is 30.3 Å². The summed E-state index contributed by atoms with van der Waals surface area (Å²) < 4.78 is 5.64. The Morgan fingerprint density at radius 2 is 1.86 bits per heavy atom. The van der Waals surface area contributed by atoms with Gasteiger partial charge in [-0.1, -0.05) is 32.0 Å². The lowest BCUT2D eigenvalue weighted by Crippen LogP contribution is -2.46. The van der Waals surface area contributed by atoms with Gasteiger partial charge in [-0.2, -0.15) is 0 Å². The minimum atomic E-state index is -0.408. The first-order valence-electron chi connectivity index (χ1n) is 7.73. The maximum absolute atomic E-state index is 12.5. The summed E-state index contributed by atoms with van der Waals surface area (Å²) in [6.45, 7) is 5.76. The van der Waals surface area contributed by atoms with E-state index in [4.69, 9.17) is 10.5 Å². The zero-order chi connectivity index (χ0) is 15.7. The minimum Gasteiger partial charge on any atom is -0.494 e. The smallest absolute Gasteiger partial charge is 0.229 e. The van der Waals surface area contributed by atoms with Crippen LogP contribution in [0.3, 0.4) is 0 Å². The van der Waals surface area contributed by atoms with Gasteiger partial charge in [0.15, 0.2) is 0 Å². The number of ether oxygens (including phenoxy) is 1. The molecular weight excluding hydrogens is 264 g/mol. The number of carbonyl (C=O) groups excluding carboxylic acids is 1. The second-order valence-electron chi connectivity index (χ2n) is 5.43. The highest BCUT2D eigenvalue weighted by Crippen LogP contribution is 2.27. The van der Waals surface area contributed by atoms with Crippen molar-refractivity contribution in [1.82, 2.24) is 4.90 Å². The Labute approximate surface area is 128 Å². The van der Waals surface area contributed by atoms with Crippen LogP contribution in [0.4, 0.5) is 0 Å². The molecule has 0 fully saturated rings. The molecule has 0 heterocycles. The van der Waals surface area contributed by atoms with Crippen LogP contribution in [0.25, 0.3) is 0 Å². The van der Waals surface area contributed by atoms with E-state index >= 15 is 0 Å². The van der Waals surface area contributed by atoms with Crippen molar-refractivity contribution in [3.8, 4) is 5.75 Å². The molecule has 118 valence electrons. The van der Waals surface area contributed by atoms with E-state index < -0.39 is 5.41 Å². The zero-order valence-electron chi connectivity index (χ0n) is 13.5. The summed E-state index contributed by atoms with van der Waals surface area (Å²) in [6, 6.07) is 9.72. The Morgan fingerprint density at radius 3 is 2.38 bits per heavy atom. The molecule has 0 bridgehead atoms. The fourth-order valence-corrected chi connectivity index (χ4v) is 2.44. The first-order chi connectivity index (χ1) is 10.1. The second-order valence-corrected chi connectivity index (χ2v) is 5.43. The molecule has 4 heteroatoms. The molecule has 0 saturated heterocycles. The van der Waals surface area contributed by atoms with Crippen LogP contribution in [0, 0.1) is 5.41 Å². The Balaban J connectivity index is 2.39. The lowest BCUT2D eigenvalue weighted by Gasteiger charge is -2.33. The molecule has 0 radical (unpaired) electrons. The number of para-hydroxylation sites is 1. The first kappa shape index (κ1) is 17.5. The van der Waals surface area contributed by atoms with Gasteiger partial charge in [0.2, 0.25) is 5.91 Å². The molecule has 21 heavy (non-hydrogen) atoms. The van der Waals surface area contributed by atoms with Gasteiger partial charge in [0.05, 0.1) is 12.0 Å². The van der Waals surface area contributed by atoms with Crippen molar-refractivity contribution in [2.75, 3.05) is 26.7 Å². The van der Waals surface area contributed by atoms with Gasteiger partial charge in [-0.3, -0.25) is 4.79 Å². The van der Waals surface area contributed by atoms with Crippen LogP contribution < -0.4 is 10.5 Å². The number of rotatable bonds is 9. The minimum absolute atomic E-state index is 0.148. The summed E-state index contributed by atoms with van der Waals surface area (Å²) in [4.78, 5) is 14.3. The predicted molar refractivity (Wildman–Crippen MR) is 86.3 cm³/mol. The van der Waals surface area contributed by atoms with Crippen molar-refractivity contribution in [2.24, 2.45) is 11.1 Å². The van der Waals surface area contributed by atoms with E-state index in [2.05, 4.69) is 0 Å². The van der Waals surface area contributed by atoms with Crippen LogP contribution in [0.2, 0.25) is 0 Å². The highest BCUT2D eigenvalue weighted by molar-refractivity contribution is 5.82. The van der Waals surface area contributed by atoms with Gasteiger partial charge < -0.3 is 15.4 Å². The van der Waals surface area contributed by atoms with Gasteiger partial charge in [0, 0.05) is 20.1 Å². The fraction of sp³-hybridized carbons (Fsp3) is 0.588. The number of carbonyl (C=O) groups is 1. The average molecular weight is 292 g/mol. The van der Waals surface area contributed by atoms with Gasteiger partial charge in [0.25, 0.3) is 0 Å². The van der Waals surface area contributed by atoms with E-state index in [0.717, 1.165) is 25.0 Å². The Bertz CT molecular complexity index is 408. The van der Waals surface area contributed by atoms with Crippen LogP contribution >= 0.6 is 0 Å². The van der Waals surface area contributed by atoms with Crippen LogP contribution in [0.5, 0.6) is 5.75 Å². The molecule has 4 nitrogen and oxygen atoms in total. The summed E-state index contributed by atoms with van der Waals surface area (Å²) in [5.74, 6) is 1.01. The summed E-state index contributed by atoms with van der Waals surface area (Å²) in [6.07, 6.45) is 2.37. The molecule has 1 amide bonds. The lowest BCUT2D eigenvalue weighted by atomic mass is 9.81. The fourth-order valence-electron chi connectivity index (χ4n) is 2.44. The van der Waals surface area contributed by atoms with E-state index in [1.807, 2.05) is 51.2 Å². The number of amides is 1. The standard InChI is InChI=1S/C17H28N2O2/c1-4-17(5-2,14-18)16(20)19(3)12-9-13-21-15-10-7-6-8-11-15/h6-8,10-11H,4-5,9,12-14,18H2,1-3H3. The maximum Gasteiger partial charge on any atom is 0.229 e. The highest BCUT2D eigenvalue weighted by Gasteiger charge is 2.35. The van der Waals surface area contributed by atoms with Crippen LogP contribution in [-0.2, 0) is 4.79 Å². The van der Waals surface area contributed by atoms with E-state index in [9.17, 15) is 4.79 Å². The highest BCUT2D eigenvalue weighted by atomic mass is 16.5. The molecule has 0 aromatic heterocycles. The topological polar surface area (TPSA) is 55.6 Å². The third kappa shape index (κ3) is 4.74. The maximum atomic E-state index is 12.5. The normalized spacial score (nSPS) is 11.2. The number of hydrogen-bond acceptors (Lipinski definition) is 3. The molecule has 0 aliphatic heterocycles. The van der Waals surface area contributed by atoms with Crippen LogP contribution in [0.1, 0.15) is 33.1 Å². The molecule has 0 aliphatic carbocycles. The summed E-state index contributed by atoms with van der Waals surface area (Å²) in [5, 5.41) is 0. The van der Waals surface area contributed by atoms with Gasteiger partial charge in [-0.15, -0.1) is 0 Å². The molecule has 1 rings (SSSR count). The molecule has 1 aromatic rings. The van der Waals surface area contributed by atoms with Crippen molar-refractivity contribution >= 4 is 5.91 Å². The molecule has 0 saturated carbocycles. The van der Waals surface area contributed by atoms with E-state index in [1.165, 1.54) is 0 Å². The van der Waals surface area contributed by atoms with Crippen molar-refractivity contribution in [1.29, 1.82) is 0 Å². The van der Waals surface area contributed by atoms with Crippen LogP contribution in [-0.4, -0.2) is 37.6 Å². The molecule has 0 spiro atoms. The van der Waals surface area contributed by atoms with Gasteiger partial charge in [-0.25, -0.2) is 0 Å². The quantitative estimate of drug-likeness (QED) is 0.712. The number of benzene rings is 1. The van der Waals surface area contributed by atoms with Gasteiger partial charge in [-0.05, 0) is 31.4 Å². The first-order valence-corrected chi connectivity index (χ1v) is 7.73. The molecule has 1 aromatic carbocycles. The third-order valence-corrected chi connectivity index (χ3v) is 4.19. The monoisotopic (exact) mass is 292 g/mol.